The van der Waals surface area contributed by atoms with Crippen molar-refractivity contribution >= 4 is 17.9 Å². The van der Waals surface area contributed by atoms with Gasteiger partial charge in [0.2, 0.25) is 6.61 Å². The number of hydrogen-bond donors (Lipinski definition) is 1. The van der Waals surface area contributed by atoms with Crippen LogP contribution in [0.2, 0.25) is 0 Å². The van der Waals surface area contributed by atoms with E-state index in [9.17, 15) is 4.79 Å². The number of carboxylic acids is 1. The van der Waals surface area contributed by atoms with Gasteiger partial charge in [0.15, 0.2) is 0 Å². The summed E-state index contributed by atoms with van der Waals surface area (Å²) in [6.07, 6.45) is 2.17. The van der Waals surface area contributed by atoms with E-state index in [1.807, 2.05) is 43.3 Å². The Morgan fingerprint density at radius 1 is 1.41 bits per heavy atom. The number of carbonyl (C=O) groups is 1. The van der Waals surface area contributed by atoms with Gasteiger partial charge in [0.1, 0.15) is 0 Å². The predicted octanol–water partition coefficient (Wildman–Crippen LogP) is 1.38. The molecule has 92 valence electrons. The van der Waals surface area contributed by atoms with Crippen LogP contribution in [0.3, 0.4) is 0 Å². The van der Waals surface area contributed by atoms with Gasteiger partial charge in [-0.1, -0.05) is 17.3 Å². The molecule has 0 aliphatic heterocycles. The Morgan fingerprint density at radius 2 is 2.06 bits per heavy atom. The molecule has 1 rings (SSSR count). The molecule has 0 atom stereocenters. The van der Waals surface area contributed by atoms with Gasteiger partial charge in [0, 0.05) is 32.4 Å². The molecule has 0 unspecified atom stereocenters. The maximum atomic E-state index is 10.1. The molecule has 1 aromatic carbocycles. The van der Waals surface area contributed by atoms with Crippen molar-refractivity contribution in [1.29, 1.82) is 0 Å². The van der Waals surface area contributed by atoms with E-state index in [2.05, 4.69) is 9.99 Å². The van der Waals surface area contributed by atoms with Crippen LogP contribution in [0.1, 0.15) is 5.56 Å². The second-order valence-corrected chi connectivity index (χ2v) is 3.72. The summed E-state index contributed by atoms with van der Waals surface area (Å²) in [5.41, 5.74) is 2.23. The normalized spacial score (nSPS) is 10.5. The fraction of sp³-hybridized carbons (Fsp3) is 0.333. The number of anilines is 1. The zero-order valence-corrected chi connectivity index (χ0v) is 9.96. The first-order valence-electron chi connectivity index (χ1n) is 5.21. The minimum atomic E-state index is -1.03. The van der Waals surface area contributed by atoms with Gasteiger partial charge in [-0.15, -0.1) is 0 Å². The molecular formula is C12H16N2O3. The number of rotatable bonds is 6. The first-order chi connectivity index (χ1) is 8.09. The zero-order valence-electron chi connectivity index (χ0n) is 9.96. The molecule has 0 saturated carbocycles. The largest absolute Gasteiger partial charge is 0.479 e. The van der Waals surface area contributed by atoms with Crippen LogP contribution in [0.5, 0.6) is 0 Å². The van der Waals surface area contributed by atoms with Crippen molar-refractivity contribution in [3.8, 4) is 0 Å². The molecule has 0 spiro atoms. The number of hydrogen-bond acceptors (Lipinski definition) is 4. The van der Waals surface area contributed by atoms with Gasteiger partial charge < -0.3 is 14.8 Å². The Morgan fingerprint density at radius 3 is 2.59 bits per heavy atom. The summed E-state index contributed by atoms with van der Waals surface area (Å²) in [6.45, 7) is -0.407. The molecule has 0 aliphatic carbocycles. The monoisotopic (exact) mass is 236 g/mol. The fourth-order valence-electron chi connectivity index (χ4n) is 1.22. The average molecular weight is 236 g/mol. The molecule has 0 amide bonds. The van der Waals surface area contributed by atoms with E-state index in [1.54, 1.807) is 6.21 Å². The van der Waals surface area contributed by atoms with Gasteiger partial charge in [-0.3, -0.25) is 0 Å². The summed E-state index contributed by atoms with van der Waals surface area (Å²) in [7, 11) is 3.96. The van der Waals surface area contributed by atoms with Gasteiger partial charge in [0.25, 0.3) is 0 Å². The van der Waals surface area contributed by atoms with E-state index in [0.717, 1.165) is 11.3 Å². The Balaban J connectivity index is 2.39. The van der Waals surface area contributed by atoms with Crippen LogP contribution in [0.25, 0.3) is 0 Å². The molecular weight excluding hydrogens is 220 g/mol. The number of nitrogens with zero attached hydrogens (tertiary/aromatic N) is 2. The Bertz CT molecular complexity index is 385. The third kappa shape index (κ3) is 5.01. The number of carboxylic acid groups (broad SMARTS) is 1. The van der Waals surface area contributed by atoms with Crippen LogP contribution in [-0.4, -0.2) is 38.0 Å². The summed E-state index contributed by atoms with van der Waals surface area (Å²) in [4.78, 5) is 16.7. The van der Waals surface area contributed by atoms with E-state index in [4.69, 9.17) is 5.11 Å². The smallest absolute Gasteiger partial charge is 0.344 e. The van der Waals surface area contributed by atoms with Crippen LogP contribution < -0.4 is 4.90 Å². The predicted molar refractivity (Wildman–Crippen MR) is 66.6 cm³/mol. The minimum Gasteiger partial charge on any atom is -0.479 e. The molecule has 1 aromatic rings. The Labute approximate surface area is 100 Å². The lowest BCUT2D eigenvalue weighted by Crippen LogP contribution is -2.08. The van der Waals surface area contributed by atoms with Gasteiger partial charge in [-0.25, -0.2) is 4.79 Å². The van der Waals surface area contributed by atoms with Crippen molar-refractivity contribution in [1.82, 2.24) is 0 Å². The Kier molecular flexibility index (Phi) is 5.00. The maximum absolute atomic E-state index is 10.1. The Hall–Kier alpha value is -2.04. The molecule has 0 fully saturated rings. The summed E-state index contributed by atoms with van der Waals surface area (Å²) in [5.74, 6) is -1.03. The lowest BCUT2D eigenvalue weighted by molar-refractivity contribution is -0.142. The lowest BCUT2D eigenvalue weighted by atomic mass is 10.1. The highest BCUT2D eigenvalue weighted by atomic mass is 16.6. The quantitative estimate of drug-likeness (QED) is 0.598. The van der Waals surface area contributed by atoms with Crippen molar-refractivity contribution in [2.24, 2.45) is 5.16 Å². The van der Waals surface area contributed by atoms with Gasteiger partial charge in [-0.05, 0) is 17.7 Å². The summed E-state index contributed by atoms with van der Waals surface area (Å²) >= 11 is 0. The van der Waals surface area contributed by atoms with Crippen LogP contribution in [0, 0.1) is 0 Å². The van der Waals surface area contributed by atoms with Crippen molar-refractivity contribution in [3.63, 3.8) is 0 Å². The maximum Gasteiger partial charge on any atom is 0.344 e. The first-order valence-corrected chi connectivity index (χ1v) is 5.21. The molecule has 0 bridgehead atoms. The third-order valence-corrected chi connectivity index (χ3v) is 2.12. The van der Waals surface area contributed by atoms with Crippen molar-refractivity contribution in [2.45, 2.75) is 6.42 Å². The van der Waals surface area contributed by atoms with Crippen molar-refractivity contribution in [3.05, 3.63) is 29.8 Å². The zero-order chi connectivity index (χ0) is 12.7. The van der Waals surface area contributed by atoms with Crippen LogP contribution in [-0.2, 0) is 16.1 Å². The van der Waals surface area contributed by atoms with Crippen LogP contribution in [0.15, 0.2) is 29.4 Å². The standard InChI is InChI=1S/C12H16N2O3/c1-14(2)11-5-3-10(4-6-11)7-8-13-17-9-12(15)16/h3-6,8H,7,9H2,1-2H3,(H,15,16). The van der Waals surface area contributed by atoms with Crippen molar-refractivity contribution < 1.29 is 14.7 Å². The highest BCUT2D eigenvalue weighted by Gasteiger charge is 1.96. The van der Waals surface area contributed by atoms with Gasteiger partial charge in [-0.2, -0.15) is 0 Å². The molecule has 0 radical (unpaired) electrons. The van der Waals surface area contributed by atoms with Gasteiger partial charge in [0.05, 0.1) is 0 Å². The van der Waals surface area contributed by atoms with E-state index in [-0.39, 0.29) is 0 Å². The topological polar surface area (TPSA) is 62.1 Å². The molecule has 5 nitrogen and oxygen atoms in total. The molecule has 0 heterocycles. The van der Waals surface area contributed by atoms with E-state index in [1.165, 1.54) is 0 Å². The molecule has 0 aromatic heterocycles. The van der Waals surface area contributed by atoms with E-state index < -0.39 is 12.6 Å². The summed E-state index contributed by atoms with van der Waals surface area (Å²) < 4.78 is 0. The minimum absolute atomic E-state index is 0.407. The summed E-state index contributed by atoms with van der Waals surface area (Å²) in [5, 5.41) is 11.9. The molecule has 5 heteroatoms. The molecule has 1 N–H and O–H groups in total. The molecule has 0 aliphatic rings. The average Bonchev–Trinajstić information content (AvgIpc) is 2.29. The van der Waals surface area contributed by atoms with E-state index >= 15 is 0 Å². The SMILES string of the molecule is CN(C)c1ccc(CC=NOCC(=O)O)cc1. The first kappa shape index (κ1) is 13.0. The lowest BCUT2D eigenvalue weighted by Gasteiger charge is -2.12. The highest BCUT2D eigenvalue weighted by molar-refractivity contribution is 5.68. The fourth-order valence-corrected chi connectivity index (χ4v) is 1.22. The van der Waals surface area contributed by atoms with Crippen molar-refractivity contribution in [2.75, 3.05) is 25.6 Å². The summed E-state index contributed by atoms with van der Waals surface area (Å²) in [6, 6.07) is 8.03. The number of oxime groups is 1. The van der Waals surface area contributed by atoms with Crippen LogP contribution >= 0.6 is 0 Å². The number of benzene rings is 1. The van der Waals surface area contributed by atoms with Gasteiger partial charge >= 0.3 is 5.97 Å². The second kappa shape index (κ2) is 6.52. The molecule has 0 saturated heterocycles. The second-order valence-electron chi connectivity index (χ2n) is 3.72. The van der Waals surface area contributed by atoms with E-state index in [0.29, 0.717) is 6.42 Å². The highest BCUT2D eigenvalue weighted by Crippen LogP contribution is 2.11. The number of aliphatic carboxylic acids is 1. The molecule has 17 heavy (non-hydrogen) atoms. The van der Waals surface area contributed by atoms with Crippen LogP contribution in [0.4, 0.5) is 5.69 Å². The third-order valence-electron chi connectivity index (χ3n) is 2.12.